The molecule has 0 aliphatic rings. The lowest BCUT2D eigenvalue weighted by atomic mass is 10.0. The van der Waals surface area contributed by atoms with Gasteiger partial charge < -0.3 is 19.5 Å². The van der Waals surface area contributed by atoms with Crippen molar-refractivity contribution in [3.8, 4) is 5.75 Å². The van der Waals surface area contributed by atoms with Crippen LogP contribution in [0.4, 0.5) is 0 Å². The van der Waals surface area contributed by atoms with Gasteiger partial charge in [0.1, 0.15) is 5.75 Å². The molecule has 2 N–H and O–H groups in total. The van der Waals surface area contributed by atoms with Crippen molar-refractivity contribution in [2.24, 2.45) is 0 Å². The van der Waals surface area contributed by atoms with Gasteiger partial charge in [-0.1, -0.05) is 26.0 Å². The summed E-state index contributed by atoms with van der Waals surface area (Å²) in [4.78, 5) is 22.2. The van der Waals surface area contributed by atoms with Crippen LogP contribution in [0.1, 0.15) is 43.7 Å². The summed E-state index contributed by atoms with van der Waals surface area (Å²) in [6, 6.07) is 6.51. The fraction of sp³-hybridized carbons (Fsp3) is 0.421. The molecule has 2 rings (SSSR count). The minimum absolute atomic E-state index is 0.541. The zero-order valence-corrected chi connectivity index (χ0v) is 15.4. The molecule has 142 valence electrons. The number of hydrogen-bond acceptors (Lipinski definition) is 4. The molecule has 0 saturated carbocycles. The summed E-state index contributed by atoms with van der Waals surface area (Å²) in [6.07, 6.45) is 7.84. The van der Waals surface area contributed by atoms with Crippen molar-refractivity contribution >= 4 is 11.9 Å². The van der Waals surface area contributed by atoms with Gasteiger partial charge in [-0.2, -0.15) is 0 Å². The van der Waals surface area contributed by atoms with Gasteiger partial charge in [-0.25, -0.2) is 14.6 Å². The number of nitrogens with zero attached hydrogens (tertiary/aromatic N) is 2. The number of hydrogen-bond donors (Lipinski definition) is 2. The molecule has 7 nitrogen and oxygen atoms in total. The topological polar surface area (TPSA) is 102 Å². The Kier molecular flexibility index (Phi) is 8.91. The smallest absolute Gasteiger partial charge is 0.414 e. The van der Waals surface area contributed by atoms with Crippen LogP contribution in [0, 0.1) is 6.92 Å². The Labute approximate surface area is 153 Å². The average Bonchev–Trinajstić information content (AvgIpc) is 3.09. The third-order valence-corrected chi connectivity index (χ3v) is 3.69. The minimum Gasteiger partial charge on any atom is -0.493 e. The van der Waals surface area contributed by atoms with Crippen LogP contribution in [0.3, 0.4) is 0 Å². The monoisotopic (exact) mass is 362 g/mol. The molecule has 1 aromatic carbocycles. The summed E-state index contributed by atoms with van der Waals surface area (Å²) in [5, 5.41) is 14.8. The number of aliphatic carboxylic acids is 2. The first-order valence-electron chi connectivity index (χ1n) is 8.46. The van der Waals surface area contributed by atoms with E-state index in [1.807, 2.05) is 18.7 Å². The molecule has 0 saturated heterocycles. The van der Waals surface area contributed by atoms with Gasteiger partial charge in [0.25, 0.3) is 0 Å². The van der Waals surface area contributed by atoms with Gasteiger partial charge in [-0.05, 0) is 42.9 Å². The van der Waals surface area contributed by atoms with E-state index in [-0.39, 0.29) is 0 Å². The Morgan fingerprint density at radius 1 is 1.19 bits per heavy atom. The van der Waals surface area contributed by atoms with E-state index in [9.17, 15) is 0 Å². The highest BCUT2D eigenvalue weighted by Crippen LogP contribution is 2.24. The van der Waals surface area contributed by atoms with Gasteiger partial charge in [0, 0.05) is 18.9 Å². The minimum atomic E-state index is -1.82. The van der Waals surface area contributed by atoms with Gasteiger partial charge in [0.15, 0.2) is 0 Å². The number of imidazole rings is 1. The van der Waals surface area contributed by atoms with E-state index < -0.39 is 11.9 Å². The molecule has 0 radical (unpaired) electrons. The summed E-state index contributed by atoms with van der Waals surface area (Å²) < 4.78 is 8.02. The predicted molar refractivity (Wildman–Crippen MR) is 97.5 cm³/mol. The van der Waals surface area contributed by atoms with Crippen LogP contribution in [-0.2, 0) is 16.1 Å². The van der Waals surface area contributed by atoms with Crippen molar-refractivity contribution in [1.82, 2.24) is 9.55 Å². The van der Waals surface area contributed by atoms with Crippen LogP contribution in [0.25, 0.3) is 0 Å². The summed E-state index contributed by atoms with van der Waals surface area (Å²) in [7, 11) is 0. The van der Waals surface area contributed by atoms with Crippen molar-refractivity contribution in [3.63, 3.8) is 0 Å². The van der Waals surface area contributed by atoms with Crippen molar-refractivity contribution in [1.29, 1.82) is 0 Å². The van der Waals surface area contributed by atoms with E-state index >= 15 is 0 Å². The van der Waals surface area contributed by atoms with Crippen LogP contribution in [0.15, 0.2) is 36.9 Å². The Balaban J connectivity index is 0.000000487. The molecule has 0 aliphatic carbocycles. The summed E-state index contributed by atoms with van der Waals surface area (Å²) in [5.41, 5.74) is 2.55. The second-order valence-electron chi connectivity index (χ2n) is 6.15. The number of aryl methyl sites for hydroxylation is 2. The summed E-state index contributed by atoms with van der Waals surface area (Å²) in [5.74, 6) is -2.08. The van der Waals surface area contributed by atoms with E-state index in [0.29, 0.717) is 5.92 Å². The van der Waals surface area contributed by atoms with Gasteiger partial charge >= 0.3 is 11.9 Å². The van der Waals surface area contributed by atoms with Gasteiger partial charge in [0.05, 0.1) is 12.9 Å². The number of carboxylic acid groups (broad SMARTS) is 2. The Hall–Kier alpha value is -2.83. The second kappa shape index (κ2) is 10.9. The Bertz CT molecular complexity index is 684. The first kappa shape index (κ1) is 21.2. The zero-order chi connectivity index (χ0) is 19.5. The maximum absolute atomic E-state index is 9.10. The van der Waals surface area contributed by atoms with E-state index in [2.05, 4.69) is 48.5 Å². The fourth-order valence-electron chi connectivity index (χ4n) is 2.13. The normalized spacial score (nSPS) is 10.2. The molecule has 0 spiro atoms. The third kappa shape index (κ3) is 7.83. The fourth-order valence-corrected chi connectivity index (χ4v) is 2.13. The van der Waals surface area contributed by atoms with Crippen LogP contribution in [0.2, 0.25) is 0 Å². The highest BCUT2D eigenvalue weighted by atomic mass is 16.5. The van der Waals surface area contributed by atoms with E-state index in [1.165, 1.54) is 11.1 Å². The molecule has 1 heterocycles. The number of unbranched alkanes of at least 4 members (excludes halogenated alkanes) is 1. The molecular weight excluding hydrogens is 336 g/mol. The van der Waals surface area contributed by atoms with Crippen LogP contribution < -0.4 is 4.74 Å². The number of ether oxygens (including phenoxy) is 1. The maximum Gasteiger partial charge on any atom is 0.414 e. The molecular formula is C19H26N2O5. The van der Waals surface area contributed by atoms with Gasteiger partial charge in [-0.3, -0.25) is 0 Å². The van der Waals surface area contributed by atoms with E-state index in [0.717, 1.165) is 31.7 Å². The number of benzene rings is 1. The van der Waals surface area contributed by atoms with Crippen LogP contribution in [0.5, 0.6) is 5.75 Å². The molecule has 26 heavy (non-hydrogen) atoms. The van der Waals surface area contributed by atoms with E-state index in [1.54, 1.807) is 0 Å². The van der Waals surface area contributed by atoms with Crippen molar-refractivity contribution in [3.05, 3.63) is 48.0 Å². The second-order valence-corrected chi connectivity index (χ2v) is 6.15. The first-order valence-corrected chi connectivity index (χ1v) is 8.46. The molecule has 0 fully saturated rings. The van der Waals surface area contributed by atoms with E-state index in [4.69, 9.17) is 24.5 Å². The van der Waals surface area contributed by atoms with Crippen molar-refractivity contribution in [2.45, 2.75) is 46.1 Å². The van der Waals surface area contributed by atoms with Gasteiger partial charge in [-0.15, -0.1) is 0 Å². The molecule has 2 aromatic rings. The molecule has 1 aromatic heterocycles. The van der Waals surface area contributed by atoms with Crippen LogP contribution >= 0.6 is 0 Å². The van der Waals surface area contributed by atoms with Crippen molar-refractivity contribution in [2.75, 3.05) is 6.61 Å². The molecule has 0 bridgehead atoms. The molecule has 7 heteroatoms. The molecule has 0 atom stereocenters. The standard InChI is InChI=1S/C17H24N2O.C2H2O4/c1-14(2)16-7-6-15(3)17(12-16)20-11-5-4-9-19-10-8-18-13-19;3-1(4)2(5)6/h6-8,10,12-14H,4-5,9,11H2,1-3H3;(H,3,4)(H,5,6). The highest BCUT2D eigenvalue weighted by Gasteiger charge is 2.05. The van der Waals surface area contributed by atoms with Gasteiger partial charge in [0.2, 0.25) is 0 Å². The number of aromatic nitrogens is 2. The highest BCUT2D eigenvalue weighted by molar-refractivity contribution is 6.27. The third-order valence-electron chi connectivity index (χ3n) is 3.69. The Morgan fingerprint density at radius 3 is 2.42 bits per heavy atom. The zero-order valence-electron chi connectivity index (χ0n) is 15.4. The predicted octanol–water partition coefficient (Wildman–Crippen LogP) is 3.33. The largest absolute Gasteiger partial charge is 0.493 e. The maximum atomic E-state index is 9.10. The van der Waals surface area contributed by atoms with Crippen molar-refractivity contribution < 1.29 is 24.5 Å². The number of rotatable bonds is 7. The Morgan fingerprint density at radius 2 is 1.88 bits per heavy atom. The SMILES string of the molecule is Cc1ccc(C(C)C)cc1OCCCCn1ccnc1.O=C(O)C(=O)O. The lowest BCUT2D eigenvalue weighted by Gasteiger charge is -2.12. The lowest BCUT2D eigenvalue weighted by molar-refractivity contribution is -0.159. The summed E-state index contributed by atoms with van der Waals surface area (Å²) >= 11 is 0. The molecule has 0 unspecified atom stereocenters. The molecule has 0 aliphatic heterocycles. The number of carboxylic acids is 2. The molecule has 0 amide bonds. The first-order chi connectivity index (χ1) is 12.3. The quantitative estimate of drug-likeness (QED) is 0.579. The number of carbonyl (C=O) groups is 2. The van der Waals surface area contributed by atoms with Crippen LogP contribution in [-0.4, -0.2) is 38.3 Å². The average molecular weight is 362 g/mol. The summed E-state index contributed by atoms with van der Waals surface area (Å²) in [6.45, 7) is 8.30. The lowest BCUT2D eigenvalue weighted by Crippen LogP contribution is -2.09.